The number of hydrogen-bond acceptors (Lipinski definition) is 4. The molecule has 0 unspecified atom stereocenters. The molecule has 1 amide bonds. The molecule has 6 nitrogen and oxygen atoms in total. The first-order valence-electron chi connectivity index (χ1n) is 6.28. The molecule has 1 aliphatic heterocycles. The summed E-state index contributed by atoms with van der Waals surface area (Å²) < 4.78 is 5.45. The topological polar surface area (TPSA) is 74.0 Å². The second kappa shape index (κ2) is 5.44. The van der Waals surface area contributed by atoms with E-state index in [9.17, 15) is 9.59 Å². The summed E-state index contributed by atoms with van der Waals surface area (Å²) >= 11 is 0. The van der Waals surface area contributed by atoms with Gasteiger partial charge in [-0.25, -0.2) is 4.79 Å². The predicted molar refractivity (Wildman–Crippen MR) is 67.9 cm³/mol. The van der Waals surface area contributed by atoms with Gasteiger partial charge in [0, 0.05) is 33.1 Å². The maximum atomic E-state index is 11.2. The van der Waals surface area contributed by atoms with E-state index in [1.807, 2.05) is 4.90 Å². The normalized spacial score (nSPS) is 16.6. The van der Waals surface area contributed by atoms with Crippen molar-refractivity contribution in [2.75, 3.05) is 26.2 Å². The number of rotatable bonds is 3. The van der Waals surface area contributed by atoms with Gasteiger partial charge in [0.15, 0.2) is 0 Å². The molecule has 0 atom stereocenters. The van der Waals surface area contributed by atoms with Crippen molar-refractivity contribution < 1.29 is 19.1 Å². The molecule has 0 saturated carbocycles. The van der Waals surface area contributed by atoms with Gasteiger partial charge in [0.25, 0.3) is 0 Å². The van der Waals surface area contributed by atoms with Crippen LogP contribution in [-0.2, 0) is 11.3 Å². The molecule has 0 bridgehead atoms. The van der Waals surface area contributed by atoms with Crippen LogP contribution in [0, 0.1) is 6.92 Å². The minimum atomic E-state index is -0.964. The van der Waals surface area contributed by atoms with E-state index in [4.69, 9.17) is 9.52 Å². The van der Waals surface area contributed by atoms with Crippen molar-refractivity contribution in [2.45, 2.75) is 20.4 Å². The van der Waals surface area contributed by atoms with E-state index < -0.39 is 5.97 Å². The molecule has 1 fully saturated rings. The number of furan rings is 1. The average Bonchev–Trinajstić information content (AvgIpc) is 2.71. The lowest BCUT2D eigenvalue weighted by Crippen LogP contribution is -2.47. The Kier molecular flexibility index (Phi) is 3.90. The van der Waals surface area contributed by atoms with Crippen LogP contribution in [0.25, 0.3) is 0 Å². The third-order valence-electron chi connectivity index (χ3n) is 3.40. The lowest BCUT2D eigenvalue weighted by atomic mass is 10.2. The van der Waals surface area contributed by atoms with E-state index in [0.29, 0.717) is 31.2 Å². The van der Waals surface area contributed by atoms with Crippen LogP contribution in [0.15, 0.2) is 10.5 Å². The quantitative estimate of drug-likeness (QED) is 0.881. The number of hydrogen-bond donors (Lipinski definition) is 1. The molecule has 104 valence electrons. The van der Waals surface area contributed by atoms with Crippen LogP contribution in [-0.4, -0.2) is 53.0 Å². The van der Waals surface area contributed by atoms with Gasteiger partial charge >= 0.3 is 5.97 Å². The van der Waals surface area contributed by atoms with Crippen LogP contribution in [0.2, 0.25) is 0 Å². The Balaban J connectivity index is 1.94. The Morgan fingerprint density at radius 2 is 1.95 bits per heavy atom. The summed E-state index contributed by atoms with van der Waals surface area (Å²) in [7, 11) is 0. The Morgan fingerprint density at radius 3 is 2.42 bits per heavy atom. The van der Waals surface area contributed by atoms with Gasteiger partial charge in [-0.05, 0) is 13.0 Å². The first-order valence-corrected chi connectivity index (χ1v) is 6.28. The Hall–Kier alpha value is -1.82. The van der Waals surface area contributed by atoms with E-state index in [-0.39, 0.29) is 11.5 Å². The smallest absolute Gasteiger partial charge is 0.339 e. The van der Waals surface area contributed by atoms with Crippen molar-refractivity contribution in [1.29, 1.82) is 0 Å². The van der Waals surface area contributed by atoms with E-state index in [2.05, 4.69) is 4.90 Å². The Bertz CT molecular complexity index is 487. The summed E-state index contributed by atoms with van der Waals surface area (Å²) in [5.74, 6) is 0.228. The zero-order chi connectivity index (χ0) is 14.0. The van der Waals surface area contributed by atoms with Gasteiger partial charge in [0.05, 0.1) is 6.54 Å². The van der Waals surface area contributed by atoms with Gasteiger partial charge in [-0.3, -0.25) is 9.69 Å². The van der Waals surface area contributed by atoms with Gasteiger partial charge in [-0.2, -0.15) is 0 Å². The molecular formula is C13H18N2O4. The third-order valence-corrected chi connectivity index (χ3v) is 3.40. The summed E-state index contributed by atoms with van der Waals surface area (Å²) in [4.78, 5) is 26.1. The monoisotopic (exact) mass is 266 g/mol. The van der Waals surface area contributed by atoms with Gasteiger partial charge < -0.3 is 14.4 Å². The number of aryl methyl sites for hydroxylation is 1. The number of aromatic carboxylic acids is 1. The zero-order valence-electron chi connectivity index (χ0n) is 11.2. The molecule has 1 aliphatic rings. The largest absolute Gasteiger partial charge is 0.478 e. The van der Waals surface area contributed by atoms with E-state index in [0.717, 1.165) is 13.1 Å². The Morgan fingerprint density at radius 1 is 1.32 bits per heavy atom. The molecule has 19 heavy (non-hydrogen) atoms. The predicted octanol–water partition coefficient (Wildman–Crippen LogP) is 0.950. The molecule has 2 heterocycles. The number of carboxylic acid groups (broad SMARTS) is 1. The van der Waals surface area contributed by atoms with Crippen LogP contribution in [0.3, 0.4) is 0 Å². The van der Waals surface area contributed by atoms with E-state index in [1.165, 1.54) is 0 Å². The number of carboxylic acids is 1. The highest BCUT2D eigenvalue weighted by Crippen LogP contribution is 2.17. The molecule has 1 aromatic rings. The highest BCUT2D eigenvalue weighted by Gasteiger charge is 2.21. The third kappa shape index (κ3) is 3.14. The fourth-order valence-corrected chi connectivity index (χ4v) is 2.28. The maximum absolute atomic E-state index is 11.2. The zero-order valence-corrected chi connectivity index (χ0v) is 11.2. The molecule has 1 N–H and O–H groups in total. The van der Waals surface area contributed by atoms with Crippen molar-refractivity contribution in [2.24, 2.45) is 0 Å². The minimum absolute atomic E-state index is 0.0988. The Labute approximate surface area is 111 Å². The highest BCUT2D eigenvalue weighted by atomic mass is 16.4. The van der Waals surface area contributed by atoms with Crippen molar-refractivity contribution >= 4 is 11.9 Å². The number of nitrogens with zero attached hydrogens (tertiary/aromatic N) is 2. The van der Waals surface area contributed by atoms with Crippen molar-refractivity contribution in [3.63, 3.8) is 0 Å². The first kappa shape index (κ1) is 13.6. The molecule has 0 radical (unpaired) electrons. The number of amides is 1. The SMILES string of the molecule is CC(=O)N1CCN(Cc2cc(C(=O)O)c(C)o2)CC1. The van der Waals surface area contributed by atoms with Gasteiger partial charge in [0.2, 0.25) is 5.91 Å². The van der Waals surface area contributed by atoms with Gasteiger partial charge in [0.1, 0.15) is 17.1 Å². The molecule has 1 saturated heterocycles. The second-order valence-electron chi connectivity index (χ2n) is 4.77. The fourth-order valence-electron chi connectivity index (χ4n) is 2.28. The molecular weight excluding hydrogens is 248 g/mol. The van der Waals surface area contributed by atoms with Crippen LogP contribution in [0.5, 0.6) is 0 Å². The van der Waals surface area contributed by atoms with E-state index >= 15 is 0 Å². The summed E-state index contributed by atoms with van der Waals surface area (Å²) in [6, 6.07) is 1.58. The summed E-state index contributed by atoms with van der Waals surface area (Å²) in [6.07, 6.45) is 0. The molecule has 0 spiro atoms. The molecule has 2 rings (SSSR count). The first-order chi connectivity index (χ1) is 8.97. The lowest BCUT2D eigenvalue weighted by Gasteiger charge is -2.33. The van der Waals surface area contributed by atoms with Crippen LogP contribution in [0.4, 0.5) is 0 Å². The standard InChI is InChI=1S/C13H18N2O4/c1-9-12(13(17)18)7-11(19-9)8-14-3-5-15(6-4-14)10(2)16/h7H,3-6,8H2,1-2H3,(H,17,18). The van der Waals surface area contributed by atoms with Crippen molar-refractivity contribution in [1.82, 2.24) is 9.80 Å². The highest BCUT2D eigenvalue weighted by molar-refractivity contribution is 5.88. The molecule has 1 aromatic heterocycles. The fraction of sp³-hybridized carbons (Fsp3) is 0.538. The number of carbonyl (C=O) groups is 2. The van der Waals surface area contributed by atoms with Crippen molar-refractivity contribution in [3.8, 4) is 0 Å². The molecule has 6 heteroatoms. The summed E-state index contributed by atoms with van der Waals surface area (Å²) in [5.41, 5.74) is 0.220. The summed E-state index contributed by atoms with van der Waals surface area (Å²) in [5, 5.41) is 8.96. The maximum Gasteiger partial charge on any atom is 0.339 e. The van der Waals surface area contributed by atoms with Crippen LogP contribution in [0.1, 0.15) is 28.8 Å². The van der Waals surface area contributed by atoms with Gasteiger partial charge in [-0.15, -0.1) is 0 Å². The van der Waals surface area contributed by atoms with E-state index in [1.54, 1.807) is 19.9 Å². The number of piperazine rings is 1. The molecule has 0 aromatic carbocycles. The molecule has 0 aliphatic carbocycles. The van der Waals surface area contributed by atoms with Crippen LogP contribution >= 0.6 is 0 Å². The lowest BCUT2D eigenvalue weighted by molar-refractivity contribution is -0.130. The minimum Gasteiger partial charge on any atom is -0.478 e. The van der Waals surface area contributed by atoms with Gasteiger partial charge in [-0.1, -0.05) is 0 Å². The summed E-state index contributed by atoms with van der Waals surface area (Å²) in [6.45, 7) is 6.79. The second-order valence-corrected chi connectivity index (χ2v) is 4.77. The number of carbonyl (C=O) groups excluding carboxylic acids is 1. The average molecular weight is 266 g/mol. The van der Waals surface area contributed by atoms with Crippen LogP contribution < -0.4 is 0 Å². The van der Waals surface area contributed by atoms with Crippen molar-refractivity contribution in [3.05, 3.63) is 23.2 Å².